The average Bonchev–Trinajstić information content (AvgIpc) is 2.79. The molecule has 1 unspecified atom stereocenters. The molecule has 1 aromatic heterocycles. The van der Waals surface area contributed by atoms with Crippen molar-refractivity contribution in [3.63, 3.8) is 0 Å². The molecule has 5 heteroatoms. The predicted molar refractivity (Wildman–Crippen MR) is 49.7 cm³/mol. The molecule has 14 heavy (non-hydrogen) atoms. The van der Waals surface area contributed by atoms with Gasteiger partial charge in [0.2, 0.25) is 0 Å². The van der Waals surface area contributed by atoms with Crippen LogP contribution in [0.5, 0.6) is 0 Å². The van der Waals surface area contributed by atoms with Crippen LogP contribution in [0.15, 0.2) is 6.33 Å². The monoisotopic (exact) mass is 197 g/mol. The standard InChI is InChI=1S/C9H15N3O2/c1-12-8(10-7-11-12)5-9(6-13)3-2-4-14-9/h7,13H,2-6H2,1H3. The van der Waals surface area contributed by atoms with Crippen molar-refractivity contribution in [3.05, 3.63) is 12.2 Å². The summed E-state index contributed by atoms with van der Waals surface area (Å²) in [5.41, 5.74) is -0.416. The molecule has 0 aliphatic carbocycles. The van der Waals surface area contributed by atoms with Gasteiger partial charge in [0.05, 0.1) is 12.2 Å². The quantitative estimate of drug-likeness (QED) is 0.735. The lowest BCUT2D eigenvalue weighted by Crippen LogP contribution is -2.36. The van der Waals surface area contributed by atoms with Gasteiger partial charge in [0.1, 0.15) is 12.2 Å². The Morgan fingerprint density at radius 3 is 3.07 bits per heavy atom. The van der Waals surface area contributed by atoms with Gasteiger partial charge in [-0.3, -0.25) is 4.68 Å². The molecule has 1 atom stereocenters. The molecule has 2 rings (SSSR count). The van der Waals surface area contributed by atoms with E-state index in [0.717, 1.165) is 25.3 Å². The highest BCUT2D eigenvalue weighted by molar-refractivity contribution is 4.97. The Bertz CT molecular complexity index is 305. The lowest BCUT2D eigenvalue weighted by atomic mass is 9.97. The van der Waals surface area contributed by atoms with Crippen molar-refractivity contribution in [2.24, 2.45) is 7.05 Å². The molecule has 1 aromatic rings. The van der Waals surface area contributed by atoms with Crippen LogP contribution in [-0.4, -0.2) is 38.7 Å². The fraction of sp³-hybridized carbons (Fsp3) is 0.778. The summed E-state index contributed by atoms with van der Waals surface area (Å²) >= 11 is 0. The molecule has 1 aliphatic heterocycles. The van der Waals surface area contributed by atoms with Crippen molar-refractivity contribution in [1.82, 2.24) is 14.8 Å². The number of hydrogen-bond acceptors (Lipinski definition) is 4. The molecule has 0 spiro atoms. The van der Waals surface area contributed by atoms with Crippen molar-refractivity contribution >= 4 is 0 Å². The van der Waals surface area contributed by atoms with Gasteiger partial charge in [-0.2, -0.15) is 5.10 Å². The van der Waals surface area contributed by atoms with Crippen LogP contribution in [0.4, 0.5) is 0 Å². The van der Waals surface area contributed by atoms with Gasteiger partial charge in [-0.1, -0.05) is 0 Å². The Hall–Kier alpha value is -0.940. The van der Waals surface area contributed by atoms with Crippen molar-refractivity contribution in [1.29, 1.82) is 0 Å². The summed E-state index contributed by atoms with van der Waals surface area (Å²) in [6, 6.07) is 0. The first-order valence-electron chi connectivity index (χ1n) is 4.83. The fourth-order valence-electron chi connectivity index (χ4n) is 1.84. The van der Waals surface area contributed by atoms with Gasteiger partial charge in [0.25, 0.3) is 0 Å². The van der Waals surface area contributed by atoms with Gasteiger partial charge in [0.15, 0.2) is 0 Å². The van der Waals surface area contributed by atoms with Crippen LogP contribution >= 0.6 is 0 Å². The molecule has 2 heterocycles. The Balaban J connectivity index is 2.12. The summed E-state index contributed by atoms with van der Waals surface area (Å²) in [5, 5.41) is 13.3. The summed E-state index contributed by atoms with van der Waals surface area (Å²) < 4.78 is 7.31. The molecule has 1 N–H and O–H groups in total. The van der Waals surface area contributed by atoms with E-state index in [0.29, 0.717) is 6.42 Å². The first-order chi connectivity index (χ1) is 6.76. The maximum absolute atomic E-state index is 9.32. The number of ether oxygens (including phenoxy) is 1. The number of nitrogens with zero attached hydrogens (tertiary/aromatic N) is 3. The summed E-state index contributed by atoms with van der Waals surface area (Å²) in [5.74, 6) is 0.862. The lowest BCUT2D eigenvalue weighted by molar-refractivity contribution is -0.0394. The van der Waals surface area contributed by atoms with Crippen LogP contribution in [0.1, 0.15) is 18.7 Å². The van der Waals surface area contributed by atoms with Gasteiger partial charge in [-0.05, 0) is 12.8 Å². The normalized spacial score (nSPS) is 27.0. The van der Waals surface area contributed by atoms with E-state index >= 15 is 0 Å². The van der Waals surface area contributed by atoms with Crippen LogP contribution in [0.2, 0.25) is 0 Å². The second kappa shape index (κ2) is 3.67. The van der Waals surface area contributed by atoms with Crippen molar-refractivity contribution in [3.8, 4) is 0 Å². The zero-order chi connectivity index (χ0) is 10.0. The Morgan fingerprint density at radius 1 is 1.71 bits per heavy atom. The van der Waals surface area contributed by atoms with Crippen LogP contribution in [0.3, 0.4) is 0 Å². The Kier molecular flexibility index (Phi) is 2.52. The van der Waals surface area contributed by atoms with Gasteiger partial charge in [-0.25, -0.2) is 4.98 Å². The first kappa shape index (κ1) is 9.61. The van der Waals surface area contributed by atoms with E-state index in [2.05, 4.69) is 10.1 Å². The number of aliphatic hydroxyl groups is 1. The highest BCUT2D eigenvalue weighted by atomic mass is 16.5. The molecule has 0 amide bonds. The Labute approximate surface area is 82.7 Å². The molecule has 0 bridgehead atoms. The minimum absolute atomic E-state index is 0.0554. The highest BCUT2D eigenvalue weighted by Gasteiger charge is 2.35. The molecule has 1 aliphatic rings. The van der Waals surface area contributed by atoms with Gasteiger partial charge in [-0.15, -0.1) is 0 Å². The van der Waals surface area contributed by atoms with Crippen LogP contribution < -0.4 is 0 Å². The second-order valence-corrected chi connectivity index (χ2v) is 3.77. The van der Waals surface area contributed by atoms with Crippen LogP contribution in [0, 0.1) is 0 Å². The van der Waals surface area contributed by atoms with Crippen molar-refractivity contribution in [2.45, 2.75) is 24.9 Å². The van der Waals surface area contributed by atoms with Crippen LogP contribution in [0.25, 0.3) is 0 Å². The largest absolute Gasteiger partial charge is 0.393 e. The smallest absolute Gasteiger partial charge is 0.138 e. The third-order valence-corrected chi connectivity index (χ3v) is 2.76. The zero-order valence-corrected chi connectivity index (χ0v) is 8.31. The zero-order valence-electron chi connectivity index (χ0n) is 8.31. The summed E-state index contributed by atoms with van der Waals surface area (Å²) in [7, 11) is 1.85. The summed E-state index contributed by atoms with van der Waals surface area (Å²) in [4.78, 5) is 4.13. The minimum atomic E-state index is -0.416. The van der Waals surface area contributed by atoms with E-state index in [1.807, 2.05) is 7.05 Å². The van der Waals surface area contributed by atoms with Gasteiger partial charge < -0.3 is 9.84 Å². The van der Waals surface area contributed by atoms with E-state index in [4.69, 9.17) is 4.74 Å². The average molecular weight is 197 g/mol. The Morgan fingerprint density at radius 2 is 2.57 bits per heavy atom. The first-order valence-corrected chi connectivity index (χ1v) is 4.83. The second-order valence-electron chi connectivity index (χ2n) is 3.77. The number of rotatable bonds is 3. The summed E-state index contributed by atoms with van der Waals surface area (Å²) in [6.07, 6.45) is 4.07. The molecule has 78 valence electrons. The van der Waals surface area contributed by atoms with Crippen LogP contribution in [-0.2, 0) is 18.2 Å². The predicted octanol–water partition coefficient (Wildman–Crippen LogP) is -0.101. The maximum atomic E-state index is 9.32. The molecule has 0 saturated carbocycles. The third kappa shape index (κ3) is 1.65. The molecular formula is C9H15N3O2. The van der Waals surface area contributed by atoms with Gasteiger partial charge >= 0.3 is 0 Å². The maximum Gasteiger partial charge on any atom is 0.138 e. The van der Waals surface area contributed by atoms with Gasteiger partial charge in [0, 0.05) is 20.1 Å². The van der Waals surface area contributed by atoms with E-state index in [1.54, 1.807) is 4.68 Å². The number of aliphatic hydroxyl groups excluding tert-OH is 1. The number of aryl methyl sites for hydroxylation is 1. The van der Waals surface area contributed by atoms with E-state index in [-0.39, 0.29) is 6.61 Å². The molecular weight excluding hydrogens is 182 g/mol. The fourth-order valence-corrected chi connectivity index (χ4v) is 1.84. The highest BCUT2D eigenvalue weighted by Crippen LogP contribution is 2.28. The molecule has 5 nitrogen and oxygen atoms in total. The van der Waals surface area contributed by atoms with Crippen molar-refractivity contribution in [2.75, 3.05) is 13.2 Å². The minimum Gasteiger partial charge on any atom is -0.393 e. The molecule has 0 radical (unpaired) electrons. The van der Waals surface area contributed by atoms with Crippen molar-refractivity contribution < 1.29 is 9.84 Å². The third-order valence-electron chi connectivity index (χ3n) is 2.76. The number of aromatic nitrogens is 3. The lowest BCUT2D eigenvalue weighted by Gasteiger charge is -2.24. The van der Waals surface area contributed by atoms with E-state index < -0.39 is 5.60 Å². The molecule has 0 aromatic carbocycles. The summed E-state index contributed by atoms with van der Waals surface area (Å²) in [6.45, 7) is 0.790. The SMILES string of the molecule is Cn1ncnc1CC1(CO)CCCO1. The molecule has 1 saturated heterocycles. The topological polar surface area (TPSA) is 60.2 Å². The number of hydrogen-bond donors (Lipinski definition) is 1. The van der Waals surface area contributed by atoms with E-state index in [1.165, 1.54) is 6.33 Å². The molecule has 1 fully saturated rings. The van der Waals surface area contributed by atoms with E-state index in [9.17, 15) is 5.11 Å².